The van der Waals surface area contributed by atoms with E-state index in [4.69, 9.17) is 0 Å². The van der Waals surface area contributed by atoms with E-state index in [1.54, 1.807) is 0 Å². The molecule has 7 heteroatoms. The summed E-state index contributed by atoms with van der Waals surface area (Å²) >= 11 is 0. The largest absolute Gasteiger partial charge is 0.392 e. The molecule has 3 N–H and O–H groups in total. The van der Waals surface area contributed by atoms with Crippen LogP contribution in [0.4, 0.5) is 0 Å². The SMILES string of the molecule is O=C1NC2(Cc3ccccc3)SSC1(CO)NC2=O. The van der Waals surface area contributed by atoms with Crippen LogP contribution in [0, 0.1) is 0 Å². The van der Waals surface area contributed by atoms with Crippen molar-refractivity contribution in [3.8, 4) is 0 Å². The van der Waals surface area contributed by atoms with Crippen molar-refractivity contribution in [1.29, 1.82) is 0 Å². The van der Waals surface area contributed by atoms with Crippen molar-refractivity contribution >= 4 is 33.4 Å². The topological polar surface area (TPSA) is 78.4 Å². The van der Waals surface area contributed by atoms with Crippen LogP contribution in [0.25, 0.3) is 0 Å². The summed E-state index contributed by atoms with van der Waals surface area (Å²) in [7, 11) is 2.52. The molecule has 4 rings (SSSR count). The van der Waals surface area contributed by atoms with Gasteiger partial charge in [0, 0.05) is 6.42 Å². The van der Waals surface area contributed by atoms with Gasteiger partial charge < -0.3 is 15.7 Å². The van der Waals surface area contributed by atoms with E-state index in [1.165, 1.54) is 21.6 Å². The van der Waals surface area contributed by atoms with Crippen LogP contribution in [-0.4, -0.2) is 33.3 Å². The van der Waals surface area contributed by atoms with Gasteiger partial charge in [-0.25, -0.2) is 0 Å². The van der Waals surface area contributed by atoms with Crippen LogP contribution in [0.1, 0.15) is 5.56 Å². The Hall–Kier alpha value is -1.18. The Morgan fingerprint density at radius 3 is 2.16 bits per heavy atom. The summed E-state index contributed by atoms with van der Waals surface area (Å²) in [5.74, 6) is -0.594. The van der Waals surface area contributed by atoms with E-state index in [0.717, 1.165) is 5.56 Å². The maximum absolute atomic E-state index is 12.2. The van der Waals surface area contributed by atoms with Gasteiger partial charge in [-0.3, -0.25) is 9.59 Å². The van der Waals surface area contributed by atoms with Gasteiger partial charge >= 0.3 is 0 Å². The van der Waals surface area contributed by atoms with Crippen LogP contribution < -0.4 is 10.6 Å². The molecule has 2 unspecified atom stereocenters. The minimum atomic E-state index is -1.24. The van der Waals surface area contributed by atoms with Gasteiger partial charge in [-0.2, -0.15) is 0 Å². The Bertz CT molecular complexity index is 539. The van der Waals surface area contributed by atoms with E-state index in [2.05, 4.69) is 10.6 Å². The molecule has 1 aromatic rings. The fraction of sp³-hybridized carbons (Fsp3) is 0.333. The van der Waals surface area contributed by atoms with Crippen LogP contribution >= 0.6 is 21.6 Å². The molecule has 2 atom stereocenters. The van der Waals surface area contributed by atoms with Crippen molar-refractivity contribution in [3.63, 3.8) is 0 Å². The summed E-state index contributed by atoms with van der Waals surface area (Å²) in [6.07, 6.45) is 0.421. The van der Waals surface area contributed by atoms with Crippen molar-refractivity contribution in [3.05, 3.63) is 35.9 Å². The smallest absolute Gasteiger partial charge is 0.261 e. The molecule has 0 aromatic heterocycles. The van der Waals surface area contributed by atoms with E-state index in [9.17, 15) is 14.7 Å². The normalized spacial score (nSPS) is 32.9. The molecule has 2 bridgehead atoms. The number of carbonyl (C=O) groups excluding carboxylic acids is 2. The number of aliphatic hydroxyl groups is 1. The first-order chi connectivity index (χ1) is 9.10. The molecule has 0 saturated carbocycles. The number of benzene rings is 1. The number of nitrogens with one attached hydrogen (secondary N) is 2. The van der Waals surface area contributed by atoms with Crippen LogP contribution in [0.15, 0.2) is 30.3 Å². The second-order valence-electron chi connectivity index (χ2n) is 4.55. The third kappa shape index (κ3) is 1.92. The number of piperazine rings is 1. The molecule has 2 amide bonds. The maximum Gasteiger partial charge on any atom is 0.261 e. The van der Waals surface area contributed by atoms with E-state index < -0.39 is 16.3 Å². The van der Waals surface area contributed by atoms with Crippen LogP contribution in [0.2, 0.25) is 0 Å². The Labute approximate surface area is 117 Å². The lowest BCUT2D eigenvalue weighted by atomic mass is 10.0. The number of hydrogen-bond acceptors (Lipinski definition) is 5. The van der Waals surface area contributed by atoms with Gasteiger partial charge in [-0.15, -0.1) is 0 Å². The van der Waals surface area contributed by atoms with E-state index in [-0.39, 0.29) is 11.8 Å². The molecule has 3 heterocycles. The van der Waals surface area contributed by atoms with E-state index >= 15 is 0 Å². The van der Waals surface area contributed by atoms with Gasteiger partial charge in [0.25, 0.3) is 11.8 Å². The van der Waals surface area contributed by atoms with Crippen molar-refractivity contribution in [2.24, 2.45) is 0 Å². The second kappa shape index (κ2) is 4.43. The van der Waals surface area contributed by atoms with Crippen LogP contribution in [0.3, 0.4) is 0 Å². The first-order valence-electron chi connectivity index (χ1n) is 5.77. The van der Waals surface area contributed by atoms with Gasteiger partial charge in [-0.1, -0.05) is 51.9 Å². The summed E-state index contributed by atoms with van der Waals surface area (Å²) in [6.45, 7) is -0.413. The standard InChI is InChI=1S/C12H12N2O3S2/c15-7-12-10(17)13-11(18-19-12,9(16)14-12)6-8-4-2-1-3-5-8/h1-5,15H,6-7H2,(H,13,17)(H,14,16). The highest BCUT2D eigenvalue weighted by Gasteiger charge is 2.60. The quantitative estimate of drug-likeness (QED) is 0.697. The zero-order valence-electron chi connectivity index (χ0n) is 9.88. The Morgan fingerprint density at radius 2 is 1.58 bits per heavy atom. The van der Waals surface area contributed by atoms with E-state index in [1.807, 2.05) is 30.3 Å². The molecule has 0 spiro atoms. The van der Waals surface area contributed by atoms with Crippen LogP contribution in [0.5, 0.6) is 0 Å². The zero-order chi connectivity index (χ0) is 13.5. The number of amides is 2. The van der Waals surface area contributed by atoms with Gasteiger partial charge in [0.1, 0.15) is 0 Å². The molecule has 3 saturated heterocycles. The average Bonchev–Trinajstić information content (AvgIpc) is 2.42. The predicted octanol–water partition coefficient (Wildman–Crippen LogP) is 0.255. The third-order valence-electron chi connectivity index (χ3n) is 3.21. The lowest BCUT2D eigenvalue weighted by Gasteiger charge is -2.49. The van der Waals surface area contributed by atoms with Gasteiger partial charge in [0.05, 0.1) is 6.61 Å². The molecule has 1 aromatic carbocycles. The summed E-state index contributed by atoms with van der Waals surface area (Å²) in [5, 5.41) is 14.7. The Morgan fingerprint density at radius 1 is 1.00 bits per heavy atom. The highest BCUT2D eigenvalue weighted by atomic mass is 33.1. The highest BCUT2D eigenvalue weighted by molar-refractivity contribution is 8.78. The lowest BCUT2D eigenvalue weighted by molar-refractivity contribution is -0.140. The first kappa shape index (κ1) is 12.8. The Kier molecular flexibility index (Phi) is 2.99. The number of carbonyl (C=O) groups is 2. The summed E-state index contributed by atoms with van der Waals surface area (Å²) in [4.78, 5) is 22.0. The summed E-state index contributed by atoms with van der Waals surface area (Å²) in [6, 6.07) is 9.53. The van der Waals surface area contributed by atoms with Gasteiger partial charge in [-0.05, 0) is 5.56 Å². The fourth-order valence-corrected chi connectivity index (χ4v) is 5.09. The van der Waals surface area contributed by atoms with Crippen molar-refractivity contribution in [2.45, 2.75) is 16.2 Å². The van der Waals surface area contributed by atoms with Gasteiger partial charge in [0.2, 0.25) is 0 Å². The number of rotatable bonds is 3. The number of aliphatic hydroxyl groups excluding tert-OH is 1. The zero-order valence-corrected chi connectivity index (χ0v) is 11.5. The summed E-state index contributed by atoms with van der Waals surface area (Å²) in [5.41, 5.74) is 0.976. The first-order valence-corrected chi connectivity index (χ1v) is 7.92. The lowest BCUT2D eigenvalue weighted by Crippen LogP contribution is -2.77. The van der Waals surface area contributed by atoms with Crippen molar-refractivity contribution < 1.29 is 14.7 Å². The molecule has 3 aliphatic heterocycles. The molecule has 19 heavy (non-hydrogen) atoms. The molecule has 3 fully saturated rings. The Balaban J connectivity index is 1.90. The molecule has 100 valence electrons. The summed E-state index contributed by atoms with van der Waals surface area (Å²) < 4.78 is 0. The second-order valence-corrected chi connectivity index (χ2v) is 7.28. The molecule has 5 nitrogen and oxygen atoms in total. The maximum atomic E-state index is 12.2. The van der Waals surface area contributed by atoms with Crippen molar-refractivity contribution in [2.75, 3.05) is 6.61 Å². The number of hydrogen-bond donors (Lipinski definition) is 3. The molecule has 0 aliphatic carbocycles. The molecular formula is C12H12N2O3S2. The predicted molar refractivity (Wildman–Crippen MR) is 74.2 cm³/mol. The molecule has 0 radical (unpaired) electrons. The highest BCUT2D eigenvalue weighted by Crippen LogP contribution is 2.51. The molecular weight excluding hydrogens is 284 g/mol. The average molecular weight is 296 g/mol. The minimum absolute atomic E-state index is 0.256. The van der Waals surface area contributed by atoms with Crippen LogP contribution in [-0.2, 0) is 16.0 Å². The monoisotopic (exact) mass is 296 g/mol. The minimum Gasteiger partial charge on any atom is -0.392 e. The van der Waals surface area contributed by atoms with Crippen molar-refractivity contribution in [1.82, 2.24) is 10.6 Å². The molecule has 3 aliphatic rings. The van der Waals surface area contributed by atoms with E-state index in [0.29, 0.717) is 6.42 Å². The fourth-order valence-electron chi connectivity index (χ4n) is 2.12. The van der Waals surface area contributed by atoms with Gasteiger partial charge in [0.15, 0.2) is 9.74 Å². The number of fused-ring (bicyclic) bond motifs is 3. The third-order valence-corrected chi connectivity index (χ3v) is 6.67.